The minimum Gasteiger partial charge on any atom is -0.384 e. The van der Waals surface area contributed by atoms with E-state index in [1.54, 1.807) is 13.3 Å². The number of aromatic nitrogens is 3. The van der Waals surface area contributed by atoms with Gasteiger partial charge in [-0.05, 0) is 37.4 Å². The Balaban J connectivity index is 1.76. The molecule has 1 aliphatic rings. The summed E-state index contributed by atoms with van der Waals surface area (Å²) in [5.74, 6) is 1.19. The van der Waals surface area contributed by atoms with E-state index in [0.29, 0.717) is 18.3 Å². The summed E-state index contributed by atoms with van der Waals surface area (Å²) in [7, 11) is 1.72. The summed E-state index contributed by atoms with van der Waals surface area (Å²) in [5, 5.41) is 9.73. The number of piperidine rings is 1. The van der Waals surface area contributed by atoms with Crippen LogP contribution in [0.2, 0.25) is 0 Å². The first-order valence-corrected chi connectivity index (χ1v) is 8.20. The van der Waals surface area contributed by atoms with Crippen LogP contribution in [0.4, 0.5) is 0 Å². The molecular formula is C18H20N4O2. The van der Waals surface area contributed by atoms with E-state index in [1.165, 1.54) is 0 Å². The zero-order valence-corrected chi connectivity index (χ0v) is 13.7. The lowest BCUT2D eigenvalue weighted by molar-refractivity contribution is 0.0850. The van der Waals surface area contributed by atoms with Crippen LogP contribution in [0.5, 0.6) is 0 Å². The summed E-state index contributed by atoms with van der Waals surface area (Å²) in [6.45, 7) is 2.43. The van der Waals surface area contributed by atoms with Crippen molar-refractivity contribution >= 4 is 10.8 Å². The Kier molecular flexibility index (Phi) is 4.00. The zero-order valence-electron chi connectivity index (χ0n) is 13.7. The van der Waals surface area contributed by atoms with Gasteiger partial charge in [-0.15, -0.1) is 0 Å². The summed E-state index contributed by atoms with van der Waals surface area (Å²) in [6, 6.07) is 10.1. The van der Waals surface area contributed by atoms with Gasteiger partial charge in [0.2, 0.25) is 11.7 Å². The van der Waals surface area contributed by atoms with Crippen molar-refractivity contribution in [3.63, 3.8) is 0 Å². The molecule has 0 amide bonds. The highest BCUT2D eigenvalue weighted by molar-refractivity contribution is 5.92. The Hall–Kier alpha value is -2.31. The standard InChI is InChI=1S/C18H20N4O2/c1-23-12-18(7-10-19-11-8-18)17-21-16(22-24-17)15-14-5-3-2-4-13(14)6-9-20-15/h2-6,9,19H,7-8,10-12H2,1H3. The third-order valence-electron chi connectivity index (χ3n) is 4.75. The van der Waals surface area contributed by atoms with Crippen molar-refractivity contribution < 1.29 is 9.26 Å². The number of nitrogens with one attached hydrogen (secondary N) is 1. The Labute approximate surface area is 140 Å². The molecule has 6 nitrogen and oxygen atoms in total. The second-order valence-electron chi connectivity index (χ2n) is 6.27. The van der Waals surface area contributed by atoms with Crippen LogP contribution in [0.25, 0.3) is 22.3 Å². The van der Waals surface area contributed by atoms with Gasteiger partial charge in [-0.2, -0.15) is 4.98 Å². The monoisotopic (exact) mass is 324 g/mol. The number of hydrogen-bond acceptors (Lipinski definition) is 6. The summed E-state index contributed by atoms with van der Waals surface area (Å²) in [4.78, 5) is 9.17. The first kappa shape index (κ1) is 15.2. The number of methoxy groups -OCH3 is 1. The average molecular weight is 324 g/mol. The molecule has 6 heteroatoms. The summed E-state index contributed by atoms with van der Waals surface area (Å²) >= 11 is 0. The molecule has 0 spiro atoms. The molecule has 1 saturated heterocycles. The molecule has 124 valence electrons. The maximum absolute atomic E-state index is 5.65. The molecule has 24 heavy (non-hydrogen) atoms. The quantitative estimate of drug-likeness (QED) is 0.795. The lowest BCUT2D eigenvalue weighted by Crippen LogP contribution is -2.43. The molecule has 0 bridgehead atoms. The molecule has 0 radical (unpaired) electrons. The normalized spacial score (nSPS) is 17.2. The molecule has 4 rings (SSSR count). The van der Waals surface area contributed by atoms with Gasteiger partial charge in [0, 0.05) is 18.7 Å². The molecule has 1 aromatic carbocycles. The predicted molar refractivity (Wildman–Crippen MR) is 90.7 cm³/mol. The van der Waals surface area contributed by atoms with Gasteiger partial charge >= 0.3 is 0 Å². The Morgan fingerprint density at radius 1 is 1.21 bits per heavy atom. The van der Waals surface area contributed by atoms with E-state index in [9.17, 15) is 0 Å². The maximum Gasteiger partial charge on any atom is 0.235 e. The molecule has 1 N–H and O–H groups in total. The van der Waals surface area contributed by atoms with E-state index < -0.39 is 0 Å². The van der Waals surface area contributed by atoms with Crippen molar-refractivity contribution in [3.8, 4) is 11.5 Å². The summed E-state index contributed by atoms with van der Waals surface area (Å²) in [6.07, 6.45) is 3.63. The Morgan fingerprint density at radius 2 is 2.04 bits per heavy atom. The number of rotatable bonds is 4. The fourth-order valence-electron chi connectivity index (χ4n) is 3.43. The van der Waals surface area contributed by atoms with Gasteiger partial charge < -0.3 is 14.6 Å². The molecule has 2 aromatic heterocycles. The molecule has 1 aliphatic heterocycles. The van der Waals surface area contributed by atoms with Gasteiger partial charge in [0.1, 0.15) is 5.69 Å². The molecule has 0 aliphatic carbocycles. The van der Waals surface area contributed by atoms with Crippen LogP contribution in [0, 0.1) is 0 Å². The lowest BCUT2D eigenvalue weighted by atomic mass is 9.79. The summed E-state index contributed by atoms with van der Waals surface area (Å²) in [5.41, 5.74) is 0.542. The van der Waals surface area contributed by atoms with Crippen molar-refractivity contribution in [2.24, 2.45) is 0 Å². The maximum atomic E-state index is 5.65. The Morgan fingerprint density at radius 3 is 2.88 bits per heavy atom. The highest BCUT2D eigenvalue weighted by Gasteiger charge is 2.39. The Bertz CT molecular complexity index is 829. The van der Waals surface area contributed by atoms with E-state index in [4.69, 9.17) is 14.2 Å². The van der Waals surface area contributed by atoms with Crippen LogP contribution in [0.3, 0.4) is 0 Å². The topological polar surface area (TPSA) is 73.1 Å². The largest absolute Gasteiger partial charge is 0.384 e. The smallest absolute Gasteiger partial charge is 0.235 e. The van der Waals surface area contributed by atoms with Crippen LogP contribution in [-0.4, -0.2) is 41.9 Å². The van der Waals surface area contributed by atoms with Crippen molar-refractivity contribution in [1.82, 2.24) is 20.4 Å². The summed E-state index contributed by atoms with van der Waals surface area (Å²) < 4.78 is 11.1. The van der Waals surface area contributed by atoms with E-state index >= 15 is 0 Å². The van der Waals surface area contributed by atoms with E-state index in [-0.39, 0.29) is 5.41 Å². The molecule has 0 atom stereocenters. The molecule has 0 saturated carbocycles. The van der Waals surface area contributed by atoms with Gasteiger partial charge in [0.15, 0.2) is 0 Å². The predicted octanol–water partition coefficient (Wildman–Crippen LogP) is 2.55. The molecular weight excluding hydrogens is 304 g/mol. The van der Waals surface area contributed by atoms with Gasteiger partial charge in [-0.1, -0.05) is 29.4 Å². The fourth-order valence-corrected chi connectivity index (χ4v) is 3.43. The second-order valence-corrected chi connectivity index (χ2v) is 6.27. The van der Waals surface area contributed by atoms with E-state index in [1.807, 2.05) is 24.3 Å². The van der Waals surface area contributed by atoms with Gasteiger partial charge in [0.25, 0.3) is 0 Å². The number of hydrogen-bond donors (Lipinski definition) is 1. The van der Waals surface area contributed by atoms with Crippen LogP contribution in [0.15, 0.2) is 41.1 Å². The average Bonchev–Trinajstić information content (AvgIpc) is 3.13. The second kappa shape index (κ2) is 6.30. The first-order chi connectivity index (χ1) is 11.8. The highest BCUT2D eigenvalue weighted by Crippen LogP contribution is 2.34. The van der Waals surface area contributed by atoms with Crippen molar-refractivity contribution in [1.29, 1.82) is 0 Å². The third kappa shape index (κ3) is 2.57. The molecule has 1 fully saturated rings. The van der Waals surface area contributed by atoms with Gasteiger partial charge in [-0.3, -0.25) is 4.98 Å². The number of nitrogens with zero attached hydrogens (tertiary/aromatic N) is 3. The molecule has 3 heterocycles. The minimum absolute atomic E-state index is 0.212. The van der Waals surface area contributed by atoms with Crippen LogP contribution in [0.1, 0.15) is 18.7 Å². The van der Waals surface area contributed by atoms with Crippen LogP contribution in [-0.2, 0) is 10.2 Å². The molecule has 3 aromatic rings. The van der Waals surface area contributed by atoms with Crippen molar-refractivity contribution in [2.45, 2.75) is 18.3 Å². The van der Waals surface area contributed by atoms with Crippen molar-refractivity contribution in [3.05, 3.63) is 42.4 Å². The van der Waals surface area contributed by atoms with E-state index in [2.05, 4.69) is 21.5 Å². The fraction of sp³-hybridized carbons (Fsp3) is 0.389. The number of benzene rings is 1. The third-order valence-corrected chi connectivity index (χ3v) is 4.75. The highest BCUT2D eigenvalue weighted by atomic mass is 16.5. The minimum atomic E-state index is -0.212. The first-order valence-electron chi connectivity index (χ1n) is 8.20. The van der Waals surface area contributed by atoms with Crippen LogP contribution >= 0.6 is 0 Å². The van der Waals surface area contributed by atoms with Gasteiger partial charge in [0.05, 0.1) is 12.0 Å². The van der Waals surface area contributed by atoms with E-state index in [0.717, 1.165) is 42.4 Å². The SMILES string of the molecule is COCC1(c2nc(-c3nccc4ccccc34)no2)CCNCC1. The van der Waals surface area contributed by atoms with Gasteiger partial charge in [-0.25, -0.2) is 0 Å². The van der Waals surface area contributed by atoms with Crippen LogP contribution < -0.4 is 5.32 Å². The zero-order chi connectivity index (χ0) is 16.4. The van der Waals surface area contributed by atoms with Crippen molar-refractivity contribution in [2.75, 3.05) is 26.8 Å². The lowest BCUT2D eigenvalue weighted by Gasteiger charge is -2.33. The number of ether oxygens (including phenoxy) is 1. The molecule has 0 unspecified atom stereocenters. The number of fused-ring (bicyclic) bond motifs is 1. The number of pyridine rings is 1.